The van der Waals surface area contributed by atoms with E-state index in [1.165, 1.54) is 34.7 Å². The molecule has 2 atom stereocenters. The van der Waals surface area contributed by atoms with Crippen molar-refractivity contribution in [2.24, 2.45) is 0 Å². The number of nitrogens with zero attached hydrogens (tertiary/aromatic N) is 3. The standard InChI is InChI=1S/C28H25ClFN5O3S/c1-35(2)28(36)38-21-11-19(31-14-21)6-8-22-13-24-26(39-22)27(33-16-32-24)34-20-7-9-25(23(29)12-20)37-15-17-4-3-5-18(30)10-17/h3-5,7,9-10,12-13,16,19,21,31H,11,14-15H2,1-2H3,(H,32,33,34)/t19-,21-/m0/s1. The van der Waals surface area contributed by atoms with Crippen LogP contribution in [0.1, 0.15) is 16.9 Å². The van der Waals surface area contributed by atoms with Gasteiger partial charge in [-0.05, 0) is 42.0 Å². The summed E-state index contributed by atoms with van der Waals surface area (Å²) in [6, 6.07) is 13.4. The van der Waals surface area contributed by atoms with E-state index in [9.17, 15) is 9.18 Å². The van der Waals surface area contributed by atoms with Gasteiger partial charge in [-0.1, -0.05) is 35.6 Å². The van der Waals surface area contributed by atoms with E-state index in [1.807, 2.05) is 12.1 Å². The predicted octanol–water partition coefficient (Wildman–Crippen LogP) is 5.59. The van der Waals surface area contributed by atoms with Crippen LogP contribution in [0.3, 0.4) is 0 Å². The Morgan fingerprint density at radius 3 is 2.92 bits per heavy atom. The van der Waals surface area contributed by atoms with Gasteiger partial charge in [0.1, 0.15) is 30.6 Å². The van der Waals surface area contributed by atoms with Gasteiger partial charge in [-0.3, -0.25) is 5.32 Å². The zero-order valence-corrected chi connectivity index (χ0v) is 22.8. The number of hydrogen-bond donors (Lipinski definition) is 2. The maximum atomic E-state index is 13.4. The van der Waals surface area contributed by atoms with Crippen molar-refractivity contribution in [2.45, 2.75) is 25.2 Å². The fraction of sp³-hybridized carbons (Fsp3) is 0.250. The van der Waals surface area contributed by atoms with E-state index in [0.29, 0.717) is 35.1 Å². The molecule has 11 heteroatoms. The van der Waals surface area contributed by atoms with E-state index in [2.05, 4.69) is 32.4 Å². The number of ether oxygens (including phenoxy) is 2. The molecular weight excluding hydrogens is 541 g/mol. The number of benzene rings is 2. The van der Waals surface area contributed by atoms with Crippen molar-refractivity contribution in [1.29, 1.82) is 0 Å². The molecule has 0 bridgehead atoms. The number of amides is 1. The summed E-state index contributed by atoms with van der Waals surface area (Å²) < 4.78 is 25.5. The molecule has 1 aliphatic rings. The molecule has 4 aromatic rings. The van der Waals surface area contributed by atoms with E-state index >= 15 is 0 Å². The summed E-state index contributed by atoms with van der Waals surface area (Å²) in [5.41, 5.74) is 2.22. The van der Waals surface area contributed by atoms with Crippen LogP contribution in [0, 0.1) is 17.7 Å². The summed E-state index contributed by atoms with van der Waals surface area (Å²) in [5.74, 6) is 7.25. The largest absolute Gasteiger partial charge is 0.487 e. The normalized spacial score (nSPS) is 16.4. The monoisotopic (exact) mass is 565 g/mol. The third-order valence-corrected chi connectivity index (χ3v) is 7.22. The lowest BCUT2D eigenvalue weighted by atomic mass is 10.2. The predicted molar refractivity (Wildman–Crippen MR) is 150 cm³/mol. The highest BCUT2D eigenvalue weighted by Gasteiger charge is 2.26. The molecule has 2 N–H and O–H groups in total. The summed E-state index contributed by atoms with van der Waals surface area (Å²) in [4.78, 5) is 22.8. The van der Waals surface area contributed by atoms with Gasteiger partial charge in [0.2, 0.25) is 0 Å². The van der Waals surface area contributed by atoms with Crippen molar-refractivity contribution >= 4 is 50.8 Å². The van der Waals surface area contributed by atoms with Crippen LogP contribution in [0.25, 0.3) is 10.2 Å². The molecule has 1 saturated heterocycles. The number of nitrogens with one attached hydrogen (secondary N) is 2. The van der Waals surface area contributed by atoms with Gasteiger partial charge in [0, 0.05) is 32.7 Å². The molecule has 1 fully saturated rings. The highest BCUT2D eigenvalue weighted by molar-refractivity contribution is 7.20. The highest BCUT2D eigenvalue weighted by Crippen LogP contribution is 2.33. The Labute approximate surface area is 234 Å². The van der Waals surface area contributed by atoms with E-state index in [0.717, 1.165) is 20.8 Å². The summed E-state index contributed by atoms with van der Waals surface area (Å²) in [6.07, 6.45) is 1.57. The number of carbonyl (C=O) groups is 1. The Morgan fingerprint density at radius 1 is 1.26 bits per heavy atom. The number of hydrogen-bond acceptors (Lipinski definition) is 8. The lowest BCUT2D eigenvalue weighted by Crippen LogP contribution is -2.29. The number of aromatic nitrogens is 2. The number of rotatable bonds is 6. The van der Waals surface area contributed by atoms with Crippen molar-refractivity contribution in [3.63, 3.8) is 0 Å². The molecule has 0 unspecified atom stereocenters. The second-order valence-corrected chi connectivity index (χ2v) is 10.6. The smallest absolute Gasteiger partial charge is 0.409 e. The van der Waals surface area contributed by atoms with Gasteiger partial charge >= 0.3 is 6.09 Å². The SMILES string of the molecule is CN(C)C(=O)O[C@@H]1CN[C@@H](C#Cc2cc3ncnc(Nc4ccc(OCc5cccc(F)c5)c(Cl)c4)c3s2)C1. The van der Waals surface area contributed by atoms with E-state index in [1.54, 1.807) is 38.4 Å². The Bertz CT molecular complexity index is 1570. The van der Waals surface area contributed by atoms with Crippen molar-refractivity contribution < 1.29 is 18.7 Å². The maximum absolute atomic E-state index is 13.4. The van der Waals surface area contributed by atoms with Gasteiger partial charge in [0.05, 0.1) is 26.2 Å². The van der Waals surface area contributed by atoms with Crippen molar-refractivity contribution in [2.75, 3.05) is 26.0 Å². The number of anilines is 2. The topological polar surface area (TPSA) is 88.6 Å². The third kappa shape index (κ3) is 6.75. The lowest BCUT2D eigenvalue weighted by molar-refractivity contribution is 0.0826. The molecule has 39 heavy (non-hydrogen) atoms. The average Bonchev–Trinajstić information content (AvgIpc) is 3.54. The zero-order valence-electron chi connectivity index (χ0n) is 21.2. The molecule has 8 nitrogen and oxygen atoms in total. The maximum Gasteiger partial charge on any atom is 0.409 e. The molecule has 1 amide bonds. The summed E-state index contributed by atoms with van der Waals surface area (Å²) >= 11 is 7.94. The van der Waals surface area contributed by atoms with Crippen LogP contribution in [0.15, 0.2) is 54.9 Å². The first-order valence-corrected chi connectivity index (χ1v) is 13.3. The van der Waals surface area contributed by atoms with E-state index < -0.39 is 0 Å². The Balaban J connectivity index is 1.24. The highest BCUT2D eigenvalue weighted by atomic mass is 35.5. The van der Waals surface area contributed by atoms with E-state index in [-0.39, 0.29) is 30.7 Å². The van der Waals surface area contributed by atoms with Crippen LogP contribution in [0.2, 0.25) is 5.02 Å². The molecule has 1 aliphatic heterocycles. The molecule has 3 heterocycles. The van der Waals surface area contributed by atoms with Gasteiger partial charge in [0.15, 0.2) is 5.82 Å². The first-order valence-electron chi connectivity index (χ1n) is 12.2. The molecule has 0 spiro atoms. The lowest BCUT2D eigenvalue weighted by Gasteiger charge is -2.15. The molecule has 200 valence electrons. The molecule has 2 aromatic heterocycles. The number of carbonyl (C=O) groups excluding carboxylic acids is 1. The molecule has 0 saturated carbocycles. The van der Waals surface area contributed by atoms with Crippen LogP contribution in [0.4, 0.5) is 20.7 Å². The van der Waals surface area contributed by atoms with Gasteiger partial charge in [0.25, 0.3) is 0 Å². The number of fused-ring (bicyclic) bond motifs is 1. The molecule has 0 radical (unpaired) electrons. The Kier molecular flexibility index (Phi) is 8.12. The first-order chi connectivity index (χ1) is 18.8. The second kappa shape index (κ2) is 11.9. The van der Waals surface area contributed by atoms with Crippen LogP contribution >= 0.6 is 22.9 Å². The van der Waals surface area contributed by atoms with Crippen LogP contribution in [-0.4, -0.2) is 53.7 Å². The van der Waals surface area contributed by atoms with Crippen molar-refractivity contribution in [3.05, 3.63) is 76.1 Å². The molecular formula is C28H25ClFN5O3S. The van der Waals surface area contributed by atoms with Crippen molar-refractivity contribution in [3.8, 4) is 17.6 Å². The van der Waals surface area contributed by atoms with Crippen LogP contribution in [0.5, 0.6) is 5.75 Å². The zero-order chi connectivity index (χ0) is 27.4. The van der Waals surface area contributed by atoms with Gasteiger partial charge in [-0.15, -0.1) is 11.3 Å². The van der Waals surface area contributed by atoms with Crippen molar-refractivity contribution in [1.82, 2.24) is 20.2 Å². The minimum absolute atomic E-state index is 0.0670. The second-order valence-electron chi connectivity index (χ2n) is 9.10. The van der Waals surface area contributed by atoms with Crippen LogP contribution < -0.4 is 15.4 Å². The first kappa shape index (κ1) is 26.7. The fourth-order valence-electron chi connectivity index (χ4n) is 3.93. The Hall–Kier alpha value is -3.91. The summed E-state index contributed by atoms with van der Waals surface area (Å²) in [7, 11) is 3.32. The van der Waals surface area contributed by atoms with Crippen LogP contribution in [-0.2, 0) is 11.3 Å². The van der Waals surface area contributed by atoms with Gasteiger partial charge < -0.3 is 19.7 Å². The fourth-order valence-corrected chi connectivity index (χ4v) is 5.09. The molecule has 5 rings (SSSR count). The third-order valence-electron chi connectivity index (χ3n) is 5.88. The average molecular weight is 566 g/mol. The summed E-state index contributed by atoms with van der Waals surface area (Å²) in [5, 5.41) is 7.00. The minimum Gasteiger partial charge on any atom is -0.487 e. The Morgan fingerprint density at radius 2 is 2.13 bits per heavy atom. The minimum atomic E-state index is -0.356. The van der Waals surface area contributed by atoms with Gasteiger partial charge in [-0.2, -0.15) is 0 Å². The molecule has 2 aromatic carbocycles. The van der Waals surface area contributed by atoms with E-state index in [4.69, 9.17) is 21.1 Å². The molecule has 0 aliphatic carbocycles. The number of thiophene rings is 1. The summed E-state index contributed by atoms with van der Waals surface area (Å²) in [6.45, 7) is 0.774. The quantitative estimate of drug-likeness (QED) is 0.295. The number of halogens is 2. The van der Waals surface area contributed by atoms with Gasteiger partial charge in [-0.25, -0.2) is 19.2 Å².